The summed E-state index contributed by atoms with van der Waals surface area (Å²) in [7, 11) is 3.11. The number of aromatic nitrogens is 1. The summed E-state index contributed by atoms with van der Waals surface area (Å²) in [4.78, 5) is 15.0. The lowest BCUT2D eigenvalue weighted by Gasteiger charge is -2.24. The first-order valence-corrected chi connectivity index (χ1v) is 8.17. The highest BCUT2D eigenvalue weighted by Gasteiger charge is 2.35. The van der Waals surface area contributed by atoms with Crippen LogP contribution in [0.4, 0.5) is 0 Å². The van der Waals surface area contributed by atoms with Gasteiger partial charge in [0.1, 0.15) is 17.1 Å². The van der Waals surface area contributed by atoms with Crippen molar-refractivity contribution in [1.29, 1.82) is 0 Å². The van der Waals surface area contributed by atoms with E-state index in [2.05, 4.69) is 5.16 Å². The lowest BCUT2D eigenvalue weighted by Crippen LogP contribution is -2.31. The SMILES string of the molecule is CCc1cc([C@@H]2CCCN2C(=O)c2c(OC)cccc2OC)on1. The van der Waals surface area contributed by atoms with Crippen LogP contribution in [0.5, 0.6) is 11.5 Å². The molecule has 1 amide bonds. The molecule has 6 heteroatoms. The van der Waals surface area contributed by atoms with Gasteiger partial charge in [0, 0.05) is 12.6 Å². The topological polar surface area (TPSA) is 64.8 Å². The molecule has 0 spiro atoms. The molecule has 0 N–H and O–H groups in total. The number of aryl methyl sites for hydroxylation is 1. The second kappa shape index (κ2) is 6.95. The van der Waals surface area contributed by atoms with Gasteiger partial charge in [0.25, 0.3) is 5.91 Å². The van der Waals surface area contributed by atoms with E-state index in [-0.39, 0.29) is 11.9 Å². The van der Waals surface area contributed by atoms with Crippen LogP contribution in [0.2, 0.25) is 0 Å². The van der Waals surface area contributed by atoms with Crippen molar-refractivity contribution in [2.75, 3.05) is 20.8 Å². The zero-order chi connectivity index (χ0) is 17.1. The smallest absolute Gasteiger partial charge is 0.262 e. The maximum absolute atomic E-state index is 13.2. The molecular weight excluding hydrogens is 308 g/mol. The molecule has 0 unspecified atom stereocenters. The van der Waals surface area contributed by atoms with Crippen LogP contribution in [0.1, 0.15) is 47.6 Å². The minimum Gasteiger partial charge on any atom is -0.496 e. The van der Waals surface area contributed by atoms with Gasteiger partial charge in [0.2, 0.25) is 0 Å². The third kappa shape index (κ3) is 2.84. The lowest BCUT2D eigenvalue weighted by molar-refractivity contribution is 0.0707. The minimum absolute atomic E-state index is 0.0973. The van der Waals surface area contributed by atoms with E-state index in [4.69, 9.17) is 14.0 Å². The number of ether oxygens (including phenoxy) is 2. The van der Waals surface area contributed by atoms with E-state index >= 15 is 0 Å². The molecule has 1 aliphatic heterocycles. The van der Waals surface area contributed by atoms with Gasteiger partial charge in [-0.3, -0.25) is 4.79 Å². The first kappa shape index (κ1) is 16.4. The maximum Gasteiger partial charge on any atom is 0.262 e. The molecule has 1 aliphatic rings. The van der Waals surface area contributed by atoms with Crippen molar-refractivity contribution in [2.24, 2.45) is 0 Å². The Morgan fingerprint density at radius 3 is 2.62 bits per heavy atom. The van der Waals surface area contributed by atoms with E-state index in [9.17, 15) is 4.79 Å². The van der Waals surface area contributed by atoms with Crippen LogP contribution in [0.15, 0.2) is 28.8 Å². The molecule has 0 saturated carbocycles. The fourth-order valence-electron chi connectivity index (χ4n) is 3.16. The summed E-state index contributed by atoms with van der Waals surface area (Å²) in [6, 6.07) is 7.18. The summed E-state index contributed by atoms with van der Waals surface area (Å²) in [5.74, 6) is 1.65. The molecule has 1 aromatic heterocycles. The van der Waals surface area contributed by atoms with Gasteiger partial charge in [-0.05, 0) is 31.4 Å². The first-order chi connectivity index (χ1) is 11.7. The van der Waals surface area contributed by atoms with Gasteiger partial charge in [-0.15, -0.1) is 0 Å². The summed E-state index contributed by atoms with van der Waals surface area (Å²) in [5.41, 5.74) is 1.35. The molecule has 0 aliphatic carbocycles. The van der Waals surface area contributed by atoms with Crippen LogP contribution in [0, 0.1) is 0 Å². The number of rotatable bonds is 5. The average Bonchev–Trinajstić information content (AvgIpc) is 3.28. The van der Waals surface area contributed by atoms with Crippen molar-refractivity contribution in [3.8, 4) is 11.5 Å². The van der Waals surface area contributed by atoms with Gasteiger partial charge in [-0.2, -0.15) is 0 Å². The van der Waals surface area contributed by atoms with Gasteiger partial charge in [-0.25, -0.2) is 0 Å². The van der Waals surface area contributed by atoms with Crippen molar-refractivity contribution >= 4 is 5.91 Å². The molecule has 0 radical (unpaired) electrons. The maximum atomic E-state index is 13.2. The Morgan fingerprint density at radius 2 is 2.04 bits per heavy atom. The highest BCUT2D eigenvalue weighted by atomic mass is 16.5. The Balaban J connectivity index is 1.94. The van der Waals surface area contributed by atoms with E-state index in [1.54, 1.807) is 32.4 Å². The summed E-state index contributed by atoms with van der Waals surface area (Å²) in [6.45, 7) is 2.70. The van der Waals surface area contributed by atoms with Crippen molar-refractivity contribution in [1.82, 2.24) is 10.1 Å². The Labute approximate surface area is 141 Å². The number of methoxy groups -OCH3 is 2. The monoisotopic (exact) mass is 330 g/mol. The van der Waals surface area contributed by atoms with Gasteiger partial charge >= 0.3 is 0 Å². The van der Waals surface area contributed by atoms with Gasteiger partial charge in [0.05, 0.1) is 26.0 Å². The van der Waals surface area contributed by atoms with Crippen LogP contribution >= 0.6 is 0 Å². The zero-order valence-corrected chi connectivity index (χ0v) is 14.2. The van der Waals surface area contributed by atoms with Crippen LogP contribution in [0.25, 0.3) is 0 Å². The van der Waals surface area contributed by atoms with E-state index in [0.29, 0.717) is 23.6 Å². The van der Waals surface area contributed by atoms with Crippen molar-refractivity contribution < 1.29 is 18.8 Å². The van der Waals surface area contributed by atoms with E-state index in [1.165, 1.54) is 0 Å². The number of likely N-dealkylation sites (tertiary alicyclic amines) is 1. The molecule has 0 bridgehead atoms. The highest BCUT2D eigenvalue weighted by Crippen LogP contribution is 2.37. The second-order valence-corrected chi connectivity index (χ2v) is 5.77. The molecule has 2 aromatic rings. The predicted octanol–water partition coefficient (Wildman–Crippen LogP) is 3.23. The molecule has 2 heterocycles. The Hall–Kier alpha value is -2.50. The zero-order valence-electron chi connectivity index (χ0n) is 14.2. The fraction of sp³-hybridized carbons (Fsp3) is 0.444. The van der Waals surface area contributed by atoms with E-state index in [1.807, 2.05) is 17.9 Å². The number of hydrogen-bond donors (Lipinski definition) is 0. The molecule has 6 nitrogen and oxygen atoms in total. The summed E-state index contributed by atoms with van der Waals surface area (Å²) in [6.07, 6.45) is 2.60. The molecule has 128 valence electrons. The fourth-order valence-corrected chi connectivity index (χ4v) is 3.16. The predicted molar refractivity (Wildman–Crippen MR) is 88.4 cm³/mol. The molecule has 1 atom stereocenters. The summed E-state index contributed by atoms with van der Waals surface area (Å²) in [5, 5.41) is 4.05. The van der Waals surface area contributed by atoms with Crippen molar-refractivity contribution in [3.63, 3.8) is 0 Å². The third-order valence-corrected chi connectivity index (χ3v) is 4.42. The van der Waals surface area contributed by atoms with Gasteiger partial charge < -0.3 is 18.9 Å². The third-order valence-electron chi connectivity index (χ3n) is 4.42. The van der Waals surface area contributed by atoms with E-state index < -0.39 is 0 Å². The van der Waals surface area contributed by atoms with Crippen LogP contribution < -0.4 is 9.47 Å². The lowest BCUT2D eigenvalue weighted by atomic mass is 10.1. The Bertz CT molecular complexity index is 703. The van der Waals surface area contributed by atoms with Gasteiger partial charge in [-0.1, -0.05) is 18.1 Å². The number of nitrogens with zero attached hydrogens (tertiary/aromatic N) is 2. The minimum atomic E-state index is -0.110. The molecule has 1 fully saturated rings. The van der Waals surface area contributed by atoms with Crippen LogP contribution in [-0.2, 0) is 6.42 Å². The average molecular weight is 330 g/mol. The summed E-state index contributed by atoms with van der Waals surface area (Å²) < 4.78 is 16.2. The van der Waals surface area contributed by atoms with Crippen LogP contribution in [-0.4, -0.2) is 36.7 Å². The highest BCUT2D eigenvalue weighted by molar-refractivity contribution is 6.00. The molecule has 1 saturated heterocycles. The first-order valence-electron chi connectivity index (χ1n) is 8.17. The summed E-state index contributed by atoms with van der Waals surface area (Å²) >= 11 is 0. The molecule has 1 aromatic carbocycles. The number of carbonyl (C=O) groups is 1. The number of amides is 1. The standard InChI is InChI=1S/C18H22N2O4/c1-4-12-11-16(24-19-12)13-7-6-10-20(13)18(21)17-14(22-2)8-5-9-15(17)23-3/h5,8-9,11,13H,4,6-7,10H2,1-3H3/t13-/m0/s1. The molecule has 24 heavy (non-hydrogen) atoms. The number of hydrogen-bond acceptors (Lipinski definition) is 5. The van der Waals surface area contributed by atoms with Crippen molar-refractivity contribution in [2.45, 2.75) is 32.2 Å². The quantitative estimate of drug-likeness (QED) is 0.842. The van der Waals surface area contributed by atoms with E-state index in [0.717, 1.165) is 30.7 Å². The Kier molecular flexibility index (Phi) is 4.74. The normalized spacial score (nSPS) is 17.1. The number of benzene rings is 1. The van der Waals surface area contributed by atoms with Crippen LogP contribution in [0.3, 0.4) is 0 Å². The molecule has 3 rings (SSSR count). The Morgan fingerprint density at radius 1 is 1.33 bits per heavy atom. The van der Waals surface area contributed by atoms with Gasteiger partial charge in [0.15, 0.2) is 5.76 Å². The van der Waals surface area contributed by atoms with Crippen molar-refractivity contribution in [3.05, 3.63) is 41.3 Å². The largest absolute Gasteiger partial charge is 0.496 e. The second-order valence-electron chi connectivity index (χ2n) is 5.77. The number of carbonyl (C=O) groups excluding carboxylic acids is 1. The molecular formula is C18H22N2O4.